The largest absolute Gasteiger partial charge is 0.340 e. The Hall–Kier alpha value is -3.25. The van der Waals surface area contributed by atoms with E-state index in [-0.39, 0.29) is 5.91 Å². The minimum Gasteiger partial charge on any atom is -0.340 e. The van der Waals surface area contributed by atoms with Crippen molar-refractivity contribution in [3.63, 3.8) is 0 Å². The van der Waals surface area contributed by atoms with E-state index in [1.165, 1.54) is 5.56 Å². The zero-order valence-corrected chi connectivity index (χ0v) is 17.9. The summed E-state index contributed by atoms with van der Waals surface area (Å²) < 4.78 is 5.35. The highest BCUT2D eigenvalue weighted by Gasteiger charge is 2.21. The van der Waals surface area contributed by atoms with Crippen LogP contribution < -0.4 is 0 Å². The van der Waals surface area contributed by atoms with Gasteiger partial charge in [0.05, 0.1) is 0 Å². The predicted octanol–water partition coefficient (Wildman–Crippen LogP) is 3.84. The first-order valence-corrected chi connectivity index (χ1v) is 10.8. The highest BCUT2D eigenvalue weighted by atomic mass is 16.5. The minimum atomic E-state index is 0.148. The van der Waals surface area contributed by atoms with E-state index in [1.54, 1.807) is 0 Å². The topological polar surface area (TPSA) is 62.5 Å². The molecule has 1 aliphatic rings. The van der Waals surface area contributed by atoms with Crippen molar-refractivity contribution in [2.24, 2.45) is 0 Å². The third-order valence-corrected chi connectivity index (χ3v) is 5.50. The van der Waals surface area contributed by atoms with Crippen molar-refractivity contribution in [1.82, 2.24) is 19.9 Å². The van der Waals surface area contributed by atoms with Gasteiger partial charge in [-0.15, -0.1) is 0 Å². The van der Waals surface area contributed by atoms with Crippen molar-refractivity contribution >= 4 is 12.0 Å². The Labute approximate surface area is 183 Å². The number of carbonyl (C=O) groups excluding carboxylic acids is 1. The number of hydrogen-bond acceptors (Lipinski definition) is 5. The summed E-state index contributed by atoms with van der Waals surface area (Å²) in [7, 11) is 0. The SMILES string of the molecule is Cc1cccc(-c2noc(CCC(=O)N3CCN(C/C=C/c4ccccc4)CC3)n2)c1. The van der Waals surface area contributed by atoms with Crippen LogP contribution in [-0.4, -0.2) is 58.6 Å². The monoisotopic (exact) mass is 416 g/mol. The fourth-order valence-electron chi connectivity index (χ4n) is 3.71. The van der Waals surface area contributed by atoms with Crippen molar-refractivity contribution < 1.29 is 9.32 Å². The molecule has 3 aromatic rings. The average Bonchev–Trinajstić information content (AvgIpc) is 3.28. The number of nitrogens with zero attached hydrogens (tertiary/aromatic N) is 4. The number of carbonyl (C=O) groups is 1. The lowest BCUT2D eigenvalue weighted by Gasteiger charge is -2.34. The molecule has 31 heavy (non-hydrogen) atoms. The van der Waals surface area contributed by atoms with E-state index < -0.39 is 0 Å². The number of amides is 1. The van der Waals surface area contributed by atoms with Gasteiger partial charge in [-0.25, -0.2) is 0 Å². The smallest absolute Gasteiger partial charge is 0.227 e. The highest BCUT2D eigenvalue weighted by molar-refractivity contribution is 5.76. The summed E-state index contributed by atoms with van der Waals surface area (Å²) in [5.41, 5.74) is 3.29. The lowest BCUT2D eigenvalue weighted by Crippen LogP contribution is -2.48. The van der Waals surface area contributed by atoms with Gasteiger partial charge in [-0.2, -0.15) is 4.98 Å². The maximum atomic E-state index is 12.6. The van der Waals surface area contributed by atoms with Gasteiger partial charge in [0, 0.05) is 51.1 Å². The molecule has 0 aliphatic carbocycles. The zero-order valence-electron chi connectivity index (χ0n) is 17.9. The molecule has 1 fully saturated rings. The molecule has 0 radical (unpaired) electrons. The van der Waals surface area contributed by atoms with Gasteiger partial charge in [0.15, 0.2) is 0 Å². The summed E-state index contributed by atoms with van der Waals surface area (Å²) in [6, 6.07) is 18.3. The Balaban J connectivity index is 1.20. The van der Waals surface area contributed by atoms with E-state index in [1.807, 2.05) is 54.3 Å². The van der Waals surface area contributed by atoms with Crippen LogP contribution >= 0.6 is 0 Å². The fourth-order valence-corrected chi connectivity index (χ4v) is 3.71. The van der Waals surface area contributed by atoms with Crippen molar-refractivity contribution in [3.05, 3.63) is 77.7 Å². The van der Waals surface area contributed by atoms with E-state index in [4.69, 9.17) is 4.52 Å². The molecule has 2 heterocycles. The molecule has 0 bridgehead atoms. The number of rotatable bonds is 7. The number of aromatic nitrogens is 2. The highest BCUT2D eigenvalue weighted by Crippen LogP contribution is 2.17. The van der Waals surface area contributed by atoms with Gasteiger partial charge in [0.2, 0.25) is 17.6 Å². The van der Waals surface area contributed by atoms with Crippen LogP contribution in [0.5, 0.6) is 0 Å². The summed E-state index contributed by atoms with van der Waals surface area (Å²) in [6.07, 6.45) is 5.20. The normalized spacial score (nSPS) is 14.9. The van der Waals surface area contributed by atoms with Crippen LogP contribution in [0.2, 0.25) is 0 Å². The molecule has 2 aromatic carbocycles. The third-order valence-electron chi connectivity index (χ3n) is 5.50. The summed E-state index contributed by atoms with van der Waals surface area (Å²) >= 11 is 0. The number of piperazine rings is 1. The molecular weight excluding hydrogens is 388 g/mol. The van der Waals surface area contributed by atoms with Crippen LogP contribution in [-0.2, 0) is 11.2 Å². The molecule has 1 aliphatic heterocycles. The summed E-state index contributed by atoms with van der Waals surface area (Å²) in [6.45, 7) is 6.24. The third kappa shape index (κ3) is 5.89. The molecule has 0 N–H and O–H groups in total. The van der Waals surface area contributed by atoms with Gasteiger partial charge in [-0.05, 0) is 18.6 Å². The van der Waals surface area contributed by atoms with E-state index in [0.29, 0.717) is 24.6 Å². The van der Waals surface area contributed by atoms with E-state index >= 15 is 0 Å². The molecule has 0 spiro atoms. The molecule has 6 heteroatoms. The zero-order chi connectivity index (χ0) is 21.5. The van der Waals surface area contributed by atoms with Gasteiger partial charge in [-0.1, -0.05) is 71.4 Å². The number of aryl methyl sites for hydroxylation is 2. The fraction of sp³-hybridized carbons (Fsp3) is 0.320. The van der Waals surface area contributed by atoms with Crippen LogP contribution in [0.25, 0.3) is 17.5 Å². The first kappa shape index (κ1) is 21.0. The lowest BCUT2D eigenvalue weighted by molar-refractivity contribution is -0.132. The van der Waals surface area contributed by atoms with Gasteiger partial charge in [0.25, 0.3) is 0 Å². The molecule has 0 atom stereocenters. The molecule has 160 valence electrons. The Bertz CT molecular complexity index is 1020. The summed E-state index contributed by atoms with van der Waals surface area (Å²) in [5.74, 6) is 1.23. The van der Waals surface area contributed by atoms with Crippen molar-refractivity contribution in [2.75, 3.05) is 32.7 Å². The van der Waals surface area contributed by atoms with Crippen molar-refractivity contribution in [3.8, 4) is 11.4 Å². The van der Waals surface area contributed by atoms with Gasteiger partial charge < -0.3 is 9.42 Å². The van der Waals surface area contributed by atoms with E-state index in [9.17, 15) is 4.79 Å². The van der Waals surface area contributed by atoms with Crippen molar-refractivity contribution in [2.45, 2.75) is 19.8 Å². The first-order valence-electron chi connectivity index (χ1n) is 10.8. The Morgan fingerprint density at radius 1 is 1.06 bits per heavy atom. The second-order valence-corrected chi connectivity index (χ2v) is 7.88. The molecule has 4 rings (SSSR count). The molecule has 0 unspecified atom stereocenters. The summed E-state index contributed by atoms with van der Waals surface area (Å²) in [5, 5.41) is 4.05. The second-order valence-electron chi connectivity index (χ2n) is 7.88. The summed E-state index contributed by atoms with van der Waals surface area (Å²) in [4.78, 5) is 21.4. The molecule has 1 amide bonds. The van der Waals surface area contributed by atoms with Crippen LogP contribution in [0.1, 0.15) is 23.4 Å². The van der Waals surface area contributed by atoms with Gasteiger partial charge in [0.1, 0.15) is 0 Å². The molecule has 1 aromatic heterocycles. The maximum absolute atomic E-state index is 12.6. The molecule has 6 nitrogen and oxygen atoms in total. The standard InChI is InChI=1S/C25H28N4O2/c1-20-7-5-11-22(19-20)25-26-23(31-27-25)12-13-24(30)29-17-15-28(16-18-29)14-6-10-21-8-3-2-4-9-21/h2-11,19H,12-18H2,1H3/b10-6+. The number of hydrogen-bond donors (Lipinski definition) is 0. The van der Waals surface area contributed by atoms with Gasteiger partial charge >= 0.3 is 0 Å². The van der Waals surface area contributed by atoms with Crippen LogP contribution in [0, 0.1) is 6.92 Å². The van der Waals surface area contributed by atoms with Crippen LogP contribution in [0.4, 0.5) is 0 Å². The maximum Gasteiger partial charge on any atom is 0.227 e. The van der Waals surface area contributed by atoms with Gasteiger partial charge in [-0.3, -0.25) is 9.69 Å². The number of benzene rings is 2. The lowest BCUT2D eigenvalue weighted by atomic mass is 10.1. The predicted molar refractivity (Wildman–Crippen MR) is 121 cm³/mol. The first-order chi connectivity index (χ1) is 15.2. The minimum absolute atomic E-state index is 0.148. The van der Waals surface area contributed by atoms with E-state index in [2.05, 4.69) is 39.3 Å². The molecule has 1 saturated heterocycles. The van der Waals surface area contributed by atoms with Crippen LogP contribution in [0.3, 0.4) is 0 Å². The average molecular weight is 417 g/mol. The second kappa shape index (κ2) is 10.2. The van der Waals surface area contributed by atoms with Crippen molar-refractivity contribution in [1.29, 1.82) is 0 Å². The molecule has 0 saturated carbocycles. The Morgan fingerprint density at radius 2 is 1.87 bits per heavy atom. The van der Waals surface area contributed by atoms with Crippen LogP contribution in [0.15, 0.2) is 65.2 Å². The van der Waals surface area contributed by atoms with E-state index in [0.717, 1.165) is 43.9 Å². The quantitative estimate of drug-likeness (QED) is 0.586. The Morgan fingerprint density at radius 3 is 2.65 bits per heavy atom. The Kier molecular flexibility index (Phi) is 6.89. The molecular formula is C25H28N4O2.